The number of nitrogens with zero attached hydrogens (tertiary/aromatic N) is 2. The Morgan fingerprint density at radius 3 is 2.79 bits per heavy atom. The Morgan fingerprint density at radius 1 is 1.21 bits per heavy atom. The Morgan fingerprint density at radius 2 is 2.03 bits per heavy atom. The molecule has 146 valence electrons. The second-order valence-electron chi connectivity index (χ2n) is 6.63. The Bertz CT molecular complexity index is 1070. The van der Waals surface area contributed by atoms with E-state index in [1.807, 2.05) is 61.7 Å². The van der Waals surface area contributed by atoms with Crippen molar-refractivity contribution in [2.75, 3.05) is 18.5 Å². The average Bonchev–Trinajstić information content (AvgIpc) is 3.17. The first-order valence-electron chi connectivity index (χ1n) is 9.47. The van der Waals surface area contributed by atoms with E-state index in [4.69, 9.17) is 15.9 Å². The van der Waals surface area contributed by atoms with Crippen LogP contribution in [0.4, 0.5) is 5.82 Å². The second kappa shape index (κ2) is 8.11. The zero-order chi connectivity index (χ0) is 20.2. The zero-order valence-electron chi connectivity index (χ0n) is 16.1. The SMILES string of the molecule is C#CCOc1ccc(C2CC(=O)Nc3c2cnn3-c2ccccc2)cc1OCC. The van der Waals surface area contributed by atoms with Crippen molar-refractivity contribution >= 4 is 11.7 Å². The first kappa shape index (κ1) is 18.6. The highest BCUT2D eigenvalue weighted by atomic mass is 16.5. The van der Waals surface area contributed by atoms with E-state index in [2.05, 4.69) is 16.3 Å². The van der Waals surface area contributed by atoms with Crippen LogP contribution in [-0.2, 0) is 4.79 Å². The molecule has 0 saturated heterocycles. The van der Waals surface area contributed by atoms with Gasteiger partial charge in [0.15, 0.2) is 11.5 Å². The quantitative estimate of drug-likeness (QED) is 0.654. The van der Waals surface area contributed by atoms with E-state index in [1.165, 1.54) is 0 Å². The third-order valence-corrected chi connectivity index (χ3v) is 4.80. The highest BCUT2D eigenvalue weighted by molar-refractivity contribution is 5.94. The molecule has 1 aliphatic heterocycles. The first-order valence-corrected chi connectivity index (χ1v) is 9.47. The number of para-hydroxylation sites is 1. The average molecular weight is 387 g/mol. The number of ether oxygens (including phenoxy) is 2. The van der Waals surface area contributed by atoms with Crippen LogP contribution in [0.15, 0.2) is 54.7 Å². The van der Waals surface area contributed by atoms with E-state index in [9.17, 15) is 4.79 Å². The number of carbonyl (C=O) groups excluding carboxylic acids is 1. The number of anilines is 1. The summed E-state index contributed by atoms with van der Waals surface area (Å²) in [4.78, 5) is 12.5. The fraction of sp³-hybridized carbons (Fsp3) is 0.217. The number of hydrogen-bond acceptors (Lipinski definition) is 4. The number of benzene rings is 2. The summed E-state index contributed by atoms with van der Waals surface area (Å²) in [5.74, 6) is 4.18. The number of rotatable bonds is 6. The van der Waals surface area contributed by atoms with Crippen LogP contribution in [0.3, 0.4) is 0 Å². The smallest absolute Gasteiger partial charge is 0.226 e. The summed E-state index contributed by atoms with van der Waals surface area (Å²) < 4.78 is 13.1. The molecule has 0 aliphatic carbocycles. The molecule has 2 heterocycles. The van der Waals surface area contributed by atoms with E-state index in [0.717, 1.165) is 16.8 Å². The molecule has 1 unspecified atom stereocenters. The molecule has 0 radical (unpaired) electrons. The van der Waals surface area contributed by atoms with Gasteiger partial charge >= 0.3 is 0 Å². The molecule has 0 saturated carbocycles. The standard InChI is InChI=1S/C23H21N3O3/c1-3-12-29-20-11-10-16(13-21(20)28-4-2)18-14-22(27)25-23-19(18)15-24-26(23)17-8-6-5-7-9-17/h1,5-11,13,15,18H,4,12,14H2,2H3,(H,25,27). The van der Waals surface area contributed by atoms with Crippen molar-refractivity contribution in [1.82, 2.24) is 9.78 Å². The summed E-state index contributed by atoms with van der Waals surface area (Å²) in [6, 6.07) is 15.4. The van der Waals surface area contributed by atoms with Crippen LogP contribution < -0.4 is 14.8 Å². The van der Waals surface area contributed by atoms with Crippen LogP contribution in [0.25, 0.3) is 5.69 Å². The molecular formula is C23H21N3O3. The molecule has 1 amide bonds. The molecule has 1 atom stereocenters. The van der Waals surface area contributed by atoms with Crippen LogP contribution >= 0.6 is 0 Å². The molecular weight excluding hydrogens is 366 g/mol. The normalized spacial score (nSPS) is 15.2. The summed E-state index contributed by atoms with van der Waals surface area (Å²) >= 11 is 0. The van der Waals surface area contributed by atoms with E-state index in [-0.39, 0.29) is 18.4 Å². The predicted molar refractivity (Wildman–Crippen MR) is 111 cm³/mol. The molecule has 29 heavy (non-hydrogen) atoms. The van der Waals surface area contributed by atoms with Gasteiger partial charge in [-0.3, -0.25) is 4.79 Å². The minimum atomic E-state index is -0.128. The number of hydrogen-bond donors (Lipinski definition) is 1. The minimum absolute atomic E-state index is 0.0502. The molecule has 0 spiro atoms. The van der Waals surface area contributed by atoms with Crippen molar-refractivity contribution in [3.8, 4) is 29.5 Å². The molecule has 1 aliphatic rings. The highest BCUT2D eigenvalue weighted by Gasteiger charge is 2.31. The summed E-state index contributed by atoms with van der Waals surface area (Å²) in [6.45, 7) is 2.57. The van der Waals surface area contributed by atoms with Gasteiger partial charge in [-0.2, -0.15) is 5.10 Å². The van der Waals surface area contributed by atoms with Gasteiger partial charge in [-0.25, -0.2) is 4.68 Å². The lowest BCUT2D eigenvalue weighted by atomic mass is 9.87. The van der Waals surface area contributed by atoms with Crippen LogP contribution in [-0.4, -0.2) is 28.9 Å². The van der Waals surface area contributed by atoms with E-state index in [1.54, 1.807) is 4.68 Å². The van der Waals surface area contributed by atoms with Gasteiger partial charge in [0.05, 0.1) is 18.5 Å². The molecule has 3 aromatic rings. The largest absolute Gasteiger partial charge is 0.490 e. The third kappa shape index (κ3) is 3.67. The van der Waals surface area contributed by atoms with Gasteiger partial charge in [-0.15, -0.1) is 6.42 Å². The van der Waals surface area contributed by atoms with Gasteiger partial charge in [0.25, 0.3) is 0 Å². The van der Waals surface area contributed by atoms with Crippen molar-refractivity contribution in [3.63, 3.8) is 0 Å². The number of fused-ring (bicyclic) bond motifs is 1. The number of terminal acetylenes is 1. The van der Waals surface area contributed by atoms with E-state index in [0.29, 0.717) is 30.3 Å². The van der Waals surface area contributed by atoms with Crippen molar-refractivity contribution in [2.45, 2.75) is 19.3 Å². The first-order chi connectivity index (χ1) is 14.2. The zero-order valence-corrected chi connectivity index (χ0v) is 16.1. The molecule has 0 fully saturated rings. The van der Waals surface area contributed by atoms with Gasteiger partial charge in [0.2, 0.25) is 5.91 Å². The fourth-order valence-electron chi connectivity index (χ4n) is 3.53. The summed E-state index contributed by atoms with van der Waals surface area (Å²) in [5, 5.41) is 7.49. The number of carbonyl (C=O) groups is 1. The number of aromatic nitrogens is 2. The monoisotopic (exact) mass is 387 g/mol. The molecule has 4 rings (SSSR count). The lowest BCUT2D eigenvalue weighted by molar-refractivity contribution is -0.116. The molecule has 6 nitrogen and oxygen atoms in total. The predicted octanol–water partition coefficient (Wildman–Crippen LogP) is 3.76. The van der Waals surface area contributed by atoms with Crippen molar-refractivity contribution in [1.29, 1.82) is 0 Å². The van der Waals surface area contributed by atoms with Crippen molar-refractivity contribution in [3.05, 3.63) is 65.9 Å². The third-order valence-electron chi connectivity index (χ3n) is 4.80. The van der Waals surface area contributed by atoms with Gasteiger partial charge in [0.1, 0.15) is 12.4 Å². The fourth-order valence-corrected chi connectivity index (χ4v) is 3.53. The molecule has 0 bridgehead atoms. The van der Waals surface area contributed by atoms with E-state index < -0.39 is 0 Å². The molecule has 2 aromatic carbocycles. The Labute approximate surface area is 169 Å². The summed E-state index contributed by atoms with van der Waals surface area (Å²) in [6.07, 6.45) is 7.45. The van der Waals surface area contributed by atoms with Crippen molar-refractivity contribution < 1.29 is 14.3 Å². The van der Waals surface area contributed by atoms with Gasteiger partial charge in [-0.1, -0.05) is 30.2 Å². The van der Waals surface area contributed by atoms with Gasteiger partial charge < -0.3 is 14.8 Å². The summed E-state index contributed by atoms with van der Waals surface area (Å²) in [5.41, 5.74) is 2.82. The number of amides is 1. The lowest BCUT2D eigenvalue weighted by Gasteiger charge is -2.24. The maximum Gasteiger partial charge on any atom is 0.226 e. The van der Waals surface area contributed by atoms with E-state index >= 15 is 0 Å². The Kier molecular flexibility index (Phi) is 5.21. The molecule has 1 aromatic heterocycles. The molecule has 1 N–H and O–H groups in total. The lowest BCUT2D eigenvalue weighted by Crippen LogP contribution is -2.24. The van der Waals surface area contributed by atoms with Gasteiger partial charge in [0, 0.05) is 17.9 Å². The Hall–Kier alpha value is -3.72. The minimum Gasteiger partial charge on any atom is -0.490 e. The van der Waals surface area contributed by atoms with Crippen LogP contribution in [0.2, 0.25) is 0 Å². The van der Waals surface area contributed by atoms with Crippen LogP contribution in [0, 0.1) is 12.3 Å². The number of nitrogens with one attached hydrogen (secondary N) is 1. The van der Waals surface area contributed by atoms with Crippen LogP contribution in [0.1, 0.15) is 30.4 Å². The maximum absolute atomic E-state index is 12.5. The maximum atomic E-state index is 12.5. The summed E-state index contributed by atoms with van der Waals surface area (Å²) in [7, 11) is 0. The van der Waals surface area contributed by atoms with Gasteiger partial charge in [-0.05, 0) is 36.8 Å². The van der Waals surface area contributed by atoms with Crippen molar-refractivity contribution in [2.24, 2.45) is 0 Å². The molecule has 6 heteroatoms. The highest BCUT2D eigenvalue weighted by Crippen LogP contribution is 2.40. The topological polar surface area (TPSA) is 65.4 Å². The second-order valence-corrected chi connectivity index (χ2v) is 6.63. The van der Waals surface area contributed by atoms with Crippen LogP contribution in [0.5, 0.6) is 11.5 Å². The Balaban J connectivity index is 1.74.